The Kier molecular flexibility index (Phi) is 6.53. The molecule has 2 aliphatic rings. The first-order valence-corrected chi connectivity index (χ1v) is 11.8. The van der Waals surface area contributed by atoms with E-state index in [0.29, 0.717) is 19.6 Å². The molecule has 0 radical (unpaired) electrons. The molecule has 172 valence electrons. The number of aryl methyl sites for hydroxylation is 2. The molecule has 2 saturated heterocycles. The predicted octanol–water partition coefficient (Wildman–Crippen LogP) is 3.68. The molecule has 0 bridgehead atoms. The van der Waals surface area contributed by atoms with Gasteiger partial charge in [0, 0.05) is 56.9 Å². The Labute approximate surface area is 191 Å². The first kappa shape index (κ1) is 22.4. The predicted molar refractivity (Wildman–Crippen MR) is 125 cm³/mol. The zero-order valence-corrected chi connectivity index (χ0v) is 19.8. The number of rotatable bonds is 4. The van der Waals surface area contributed by atoms with Crippen molar-refractivity contribution in [3.8, 4) is 5.69 Å². The van der Waals surface area contributed by atoms with Crippen molar-refractivity contribution in [2.75, 3.05) is 33.2 Å². The largest absolute Gasteiger partial charge is 0.341 e. The number of para-hydroxylation sites is 1. The highest BCUT2D eigenvalue weighted by atomic mass is 16.2. The van der Waals surface area contributed by atoms with Crippen LogP contribution in [0.2, 0.25) is 0 Å². The summed E-state index contributed by atoms with van der Waals surface area (Å²) in [5.41, 5.74) is 5.37. The summed E-state index contributed by atoms with van der Waals surface area (Å²) in [7, 11) is 1.88. The molecule has 1 aromatic carbocycles. The van der Waals surface area contributed by atoms with E-state index in [0.717, 1.165) is 61.4 Å². The number of benzene rings is 1. The van der Waals surface area contributed by atoms with E-state index in [1.807, 2.05) is 45.5 Å². The Morgan fingerprint density at radius 1 is 1.00 bits per heavy atom. The van der Waals surface area contributed by atoms with E-state index in [2.05, 4.69) is 26.0 Å². The van der Waals surface area contributed by atoms with Crippen LogP contribution in [-0.2, 0) is 11.3 Å². The van der Waals surface area contributed by atoms with Gasteiger partial charge in [-0.2, -0.15) is 5.10 Å². The van der Waals surface area contributed by atoms with Gasteiger partial charge >= 0.3 is 6.03 Å². The molecule has 2 aliphatic heterocycles. The molecule has 0 N–H and O–H groups in total. The smallest absolute Gasteiger partial charge is 0.319 e. The summed E-state index contributed by atoms with van der Waals surface area (Å²) in [5.74, 6) is 0.148. The fourth-order valence-electron chi connectivity index (χ4n) is 4.99. The van der Waals surface area contributed by atoms with Gasteiger partial charge in [0.05, 0.1) is 11.4 Å². The summed E-state index contributed by atoms with van der Waals surface area (Å²) < 4.78 is 1.99. The molecule has 32 heavy (non-hydrogen) atoms. The summed E-state index contributed by atoms with van der Waals surface area (Å²) in [6, 6.07) is 8.36. The molecule has 4 rings (SSSR count). The number of urea groups is 1. The molecule has 0 unspecified atom stereocenters. The molecule has 1 aromatic heterocycles. The van der Waals surface area contributed by atoms with Gasteiger partial charge in [0.1, 0.15) is 0 Å². The van der Waals surface area contributed by atoms with Crippen molar-refractivity contribution < 1.29 is 9.59 Å². The molecule has 3 amide bonds. The van der Waals surface area contributed by atoms with Crippen LogP contribution in [0.15, 0.2) is 24.3 Å². The molecule has 2 fully saturated rings. The van der Waals surface area contributed by atoms with Gasteiger partial charge in [0.2, 0.25) is 5.91 Å². The van der Waals surface area contributed by atoms with Crippen LogP contribution >= 0.6 is 0 Å². The number of likely N-dealkylation sites (tertiary alicyclic amines) is 2. The fraction of sp³-hybridized carbons (Fsp3) is 0.560. The van der Waals surface area contributed by atoms with E-state index in [-0.39, 0.29) is 17.9 Å². The van der Waals surface area contributed by atoms with E-state index in [4.69, 9.17) is 5.10 Å². The van der Waals surface area contributed by atoms with E-state index in [1.54, 1.807) is 0 Å². The second-order valence-corrected chi connectivity index (χ2v) is 9.28. The highest BCUT2D eigenvalue weighted by Crippen LogP contribution is 2.25. The van der Waals surface area contributed by atoms with Crippen molar-refractivity contribution in [3.63, 3.8) is 0 Å². The van der Waals surface area contributed by atoms with Crippen LogP contribution in [-0.4, -0.2) is 69.6 Å². The molecule has 2 aromatic rings. The van der Waals surface area contributed by atoms with E-state index < -0.39 is 0 Å². The van der Waals surface area contributed by atoms with E-state index in [9.17, 15) is 9.59 Å². The molecule has 3 heterocycles. The third-order valence-corrected chi connectivity index (χ3v) is 7.05. The summed E-state index contributed by atoms with van der Waals surface area (Å²) in [6.07, 6.45) is 3.68. The molecule has 0 aliphatic carbocycles. The highest BCUT2D eigenvalue weighted by molar-refractivity contribution is 5.79. The van der Waals surface area contributed by atoms with Crippen molar-refractivity contribution in [2.24, 2.45) is 5.92 Å². The Hall–Kier alpha value is -2.83. The number of hydrogen-bond acceptors (Lipinski definition) is 3. The third kappa shape index (κ3) is 4.38. The van der Waals surface area contributed by atoms with Crippen LogP contribution in [0.1, 0.15) is 48.2 Å². The topological polar surface area (TPSA) is 61.7 Å². The fourth-order valence-corrected chi connectivity index (χ4v) is 4.99. The van der Waals surface area contributed by atoms with Crippen molar-refractivity contribution in [1.82, 2.24) is 24.5 Å². The van der Waals surface area contributed by atoms with Gasteiger partial charge in [-0.3, -0.25) is 4.79 Å². The standard InChI is InChI=1S/C25H35N5O2/c1-18-9-5-6-10-23(18)30-20(3)22(19(2)26-30)17-27(4)24(31)21-11-15-29(16-12-21)25(32)28-13-7-8-14-28/h5-6,9-10,21H,7-8,11-17H2,1-4H3. The SMILES string of the molecule is Cc1ccccc1-n1nc(C)c(CN(C)C(=O)C2CCN(C(=O)N3CCCC3)CC2)c1C. The average molecular weight is 438 g/mol. The summed E-state index contributed by atoms with van der Waals surface area (Å²) in [5, 5.41) is 4.76. The number of aromatic nitrogens is 2. The Balaban J connectivity index is 1.38. The normalized spacial score (nSPS) is 17.1. The lowest BCUT2D eigenvalue weighted by Gasteiger charge is -2.35. The van der Waals surface area contributed by atoms with Gasteiger partial charge in [-0.1, -0.05) is 18.2 Å². The van der Waals surface area contributed by atoms with Crippen LogP contribution in [0.25, 0.3) is 5.69 Å². The number of hydrogen-bond donors (Lipinski definition) is 0. The zero-order valence-electron chi connectivity index (χ0n) is 19.8. The van der Waals surface area contributed by atoms with Crippen molar-refractivity contribution in [1.29, 1.82) is 0 Å². The highest BCUT2D eigenvalue weighted by Gasteiger charge is 2.32. The molecule has 7 nitrogen and oxygen atoms in total. The van der Waals surface area contributed by atoms with Gasteiger partial charge < -0.3 is 14.7 Å². The van der Waals surface area contributed by atoms with Crippen molar-refractivity contribution in [2.45, 2.75) is 53.0 Å². The second kappa shape index (κ2) is 9.35. The van der Waals surface area contributed by atoms with E-state index in [1.165, 1.54) is 5.56 Å². The zero-order chi connectivity index (χ0) is 22.8. The second-order valence-electron chi connectivity index (χ2n) is 9.28. The number of carbonyl (C=O) groups is 2. The van der Waals surface area contributed by atoms with Crippen LogP contribution in [0.5, 0.6) is 0 Å². The molecule has 0 spiro atoms. The first-order chi connectivity index (χ1) is 15.4. The Morgan fingerprint density at radius 2 is 1.62 bits per heavy atom. The number of piperidine rings is 1. The number of carbonyl (C=O) groups excluding carboxylic acids is 2. The van der Waals surface area contributed by atoms with Crippen LogP contribution in [0.3, 0.4) is 0 Å². The number of nitrogens with zero attached hydrogens (tertiary/aromatic N) is 5. The van der Waals surface area contributed by atoms with Crippen molar-refractivity contribution >= 4 is 11.9 Å². The molecule has 0 atom stereocenters. The molecular formula is C25H35N5O2. The lowest BCUT2D eigenvalue weighted by Crippen LogP contribution is -2.47. The quantitative estimate of drug-likeness (QED) is 0.733. The monoisotopic (exact) mass is 437 g/mol. The van der Waals surface area contributed by atoms with Crippen LogP contribution < -0.4 is 0 Å². The Morgan fingerprint density at radius 3 is 2.28 bits per heavy atom. The minimum absolute atomic E-state index is 0.0188. The van der Waals surface area contributed by atoms with Crippen molar-refractivity contribution in [3.05, 3.63) is 46.8 Å². The summed E-state index contributed by atoms with van der Waals surface area (Å²) >= 11 is 0. The van der Waals surface area contributed by atoms with Gasteiger partial charge in [0.25, 0.3) is 0 Å². The maximum absolute atomic E-state index is 13.2. The Bertz CT molecular complexity index is 984. The minimum atomic E-state index is -0.0188. The van der Waals surface area contributed by atoms with Gasteiger partial charge in [0.15, 0.2) is 0 Å². The minimum Gasteiger partial charge on any atom is -0.341 e. The van der Waals surface area contributed by atoms with Gasteiger partial charge in [-0.15, -0.1) is 0 Å². The summed E-state index contributed by atoms with van der Waals surface area (Å²) in [4.78, 5) is 31.5. The maximum Gasteiger partial charge on any atom is 0.319 e. The van der Waals surface area contributed by atoms with E-state index >= 15 is 0 Å². The maximum atomic E-state index is 13.2. The number of amides is 3. The lowest BCUT2D eigenvalue weighted by atomic mass is 9.95. The average Bonchev–Trinajstić information content (AvgIpc) is 3.43. The van der Waals surface area contributed by atoms with Crippen LogP contribution in [0.4, 0.5) is 4.79 Å². The van der Waals surface area contributed by atoms with Gasteiger partial charge in [-0.25, -0.2) is 9.48 Å². The lowest BCUT2D eigenvalue weighted by molar-refractivity contribution is -0.136. The van der Waals surface area contributed by atoms with Crippen LogP contribution in [0, 0.1) is 26.7 Å². The summed E-state index contributed by atoms with van der Waals surface area (Å²) in [6.45, 7) is 9.80. The van der Waals surface area contributed by atoms with Gasteiger partial charge in [-0.05, 0) is 58.1 Å². The first-order valence-electron chi connectivity index (χ1n) is 11.8. The molecule has 7 heteroatoms. The molecule has 0 saturated carbocycles. The molecular weight excluding hydrogens is 402 g/mol. The third-order valence-electron chi connectivity index (χ3n) is 7.05.